The molecule has 4 atom stereocenters. The van der Waals surface area contributed by atoms with Crippen LogP contribution in [0.5, 0.6) is 0 Å². The molecule has 1 heterocycles. The summed E-state index contributed by atoms with van der Waals surface area (Å²) in [6.45, 7) is 2.16. The average molecular weight is 207 g/mol. The van der Waals surface area contributed by atoms with Crippen molar-refractivity contribution in [2.45, 2.75) is 56.7 Å². The van der Waals surface area contributed by atoms with Crippen LogP contribution in [0.2, 0.25) is 0 Å². The van der Waals surface area contributed by atoms with E-state index in [-0.39, 0.29) is 5.92 Å². The lowest BCUT2D eigenvalue weighted by atomic mass is 9.68. The maximum absolute atomic E-state index is 10.5. The van der Waals surface area contributed by atoms with E-state index in [2.05, 4.69) is 24.8 Å². The van der Waals surface area contributed by atoms with Gasteiger partial charge < -0.3 is 10.0 Å². The molecular formula is C13H21NO. The minimum Gasteiger partial charge on any atom is -0.377 e. The molecule has 0 aromatic heterocycles. The summed E-state index contributed by atoms with van der Waals surface area (Å²) >= 11 is 0. The fourth-order valence-electron chi connectivity index (χ4n) is 3.39. The highest BCUT2D eigenvalue weighted by Gasteiger charge is 2.48. The van der Waals surface area contributed by atoms with Crippen molar-refractivity contribution in [3.05, 3.63) is 0 Å². The SMILES string of the molecule is C#C[C@@]1(O)C[C@@H](C)N(C)[C@H]2CCCC[C@@H]21. The van der Waals surface area contributed by atoms with Gasteiger partial charge >= 0.3 is 0 Å². The van der Waals surface area contributed by atoms with Crippen LogP contribution in [0.4, 0.5) is 0 Å². The first-order chi connectivity index (χ1) is 7.08. The third-order valence-electron chi connectivity index (χ3n) is 4.42. The van der Waals surface area contributed by atoms with Crippen molar-refractivity contribution < 1.29 is 5.11 Å². The Morgan fingerprint density at radius 2 is 2.07 bits per heavy atom. The van der Waals surface area contributed by atoms with Crippen molar-refractivity contribution in [3.8, 4) is 12.3 Å². The Kier molecular flexibility index (Phi) is 2.79. The summed E-state index contributed by atoms with van der Waals surface area (Å²) in [5.74, 6) is 2.95. The van der Waals surface area contributed by atoms with Gasteiger partial charge in [-0.15, -0.1) is 6.42 Å². The van der Waals surface area contributed by atoms with Crippen LogP contribution >= 0.6 is 0 Å². The molecule has 2 nitrogen and oxygen atoms in total. The maximum atomic E-state index is 10.5. The van der Waals surface area contributed by atoms with E-state index in [1.807, 2.05) is 0 Å². The number of fused-ring (bicyclic) bond motifs is 1. The number of rotatable bonds is 0. The highest BCUT2D eigenvalue weighted by molar-refractivity contribution is 5.17. The molecule has 84 valence electrons. The Bertz CT molecular complexity index is 283. The number of hydrogen-bond donors (Lipinski definition) is 1. The van der Waals surface area contributed by atoms with Gasteiger partial charge in [-0.25, -0.2) is 0 Å². The molecule has 1 aliphatic heterocycles. The molecule has 0 unspecified atom stereocenters. The van der Waals surface area contributed by atoms with Crippen LogP contribution < -0.4 is 0 Å². The molecule has 1 saturated carbocycles. The molecule has 0 aromatic rings. The predicted molar refractivity (Wildman–Crippen MR) is 61.4 cm³/mol. The maximum Gasteiger partial charge on any atom is 0.131 e. The second kappa shape index (κ2) is 3.81. The highest BCUT2D eigenvalue weighted by Crippen LogP contribution is 2.42. The van der Waals surface area contributed by atoms with E-state index in [0.717, 1.165) is 12.8 Å². The first-order valence-electron chi connectivity index (χ1n) is 6.00. The van der Waals surface area contributed by atoms with Gasteiger partial charge in [-0.2, -0.15) is 0 Å². The summed E-state index contributed by atoms with van der Waals surface area (Å²) in [6, 6.07) is 0.883. The first-order valence-corrected chi connectivity index (χ1v) is 6.00. The molecule has 2 aliphatic rings. The van der Waals surface area contributed by atoms with Crippen LogP contribution in [-0.2, 0) is 0 Å². The van der Waals surface area contributed by atoms with Gasteiger partial charge in [-0.1, -0.05) is 18.8 Å². The molecule has 0 aromatic carbocycles. The normalized spacial score (nSPS) is 46.9. The third kappa shape index (κ3) is 1.68. The second-order valence-corrected chi connectivity index (χ2v) is 5.25. The number of nitrogens with zero attached hydrogens (tertiary/aromatic N) is 1. The van der Waals surface area contributed by atoms with E-state index in [1.54, 1.807) is 0 Å². The molecular weight excluding hydrogens is 186 g/mol. The van der Waals surface area contributed by atoms with Crippen molar-refractivity contribution in [2.24, 2.45) is 5.92 Å². The Morgan fingerprint density at radius 1 is 1.40 bits per heavy atom. The summed E-state index contributed by atoms with van der Waals surface area (Å²) in [5, 5.41) is 10.5. The average Bonchev–Trinajstić information content (AvgIpc) is 2.26. The molecule has 1 saturated heterocycles. The summed E-state index contributed by atoms with van der Waals surface area (Å²) in [4.78, 5) is 2.41. The Morgan fingerprint density at radius 3 is 2.73 bits per heavy atom. The minimum atomic E-state index is -0.850. The number of likely N-dealkylation sites (tertiary alicyclic amines) is 1. The number of aliphatic hydroxyl groups is 1. The van der Waals surface area contributed by atoms with E-state index >= 15 is 0 Å². The Labute approximate surface area is 92.7 Å². The summed E-state index contributed by atoms with van der Waals surface area (Å²) < 4.78 is 0. The van der Waals surface area contributed by atoms with Crippen LogP contribution in [0.3, 0.4) is 0 Å². The van der Waals surface area contributed by atoms with E-state index in [4.69, 9.17) is 6.42 Å². The molecule has 15 heavy (non-hydrogen) atoms. The van der Waals surface area contributed by atoms with E-state index in [1.165, 1.54) is 19.3 Å². The standard InChI is InChI=1S/C13H21NO/c1-4-13(15)9-10(2)14(3)12-8-6-5-7-11(12)13/h1,10-12,15H,5-9H2,2-3H3/t10-,11+,12+,13-/m1/s1. The van der Waals surface area contributed by atoms with Gasteiger partial charge in [0.15, 0.2) is 0 Å². The predicted octanol–water partition coefficient (Wildman–Crippen LogP) is 1.63. The third-order valence-corrected chi connectivity index (χ3v) is 4.42. The number of terminal acetylenes is 1. The summed E-state index contributed by atoms with van der Waals surface area (Å²) in [5.41, 5.74) is -0.850. The number of hydrogen-bond acceptors (Lipinski definition) is 2. The molecule has 0 spiro atoms. The van der Waals surface area contributed by atoms with Gasteiger partial charge in [-0.05, 0) is 26.8 Å². The smallest absolute Gasteiger partial charge is 0.131 e. The van der Waals surface area contributed by atoms with Crippen LogP contribution in [-0.4, -0.2) is 34.7 Å². The lowest BCUT2D eigenvalue weighted by Gasteiger charge is -2.52. The Balaban J connectivity index is 2.27. The van der Waals surface area contributed by atoms with Gasteiger partial charge in [0.25, 0.3) is 0 Å². The molecule has 1 N–H and O–H groups in total. The van der Waals surface area contributed by atoms with E-state index in [0.29, 0.717) is 12.1 Å². The molecule has 2 fully saturated rings. The van der Waals surface area contributed by atoms with Crippen molar-refractivity contribution >= 4 is 0 Å². The fraction of sp³-hybridized carbons (Fsp3) is 0.846. The molecule has 0 bridgehead atoms. The quantitative estimate of drug-likeness (QED) is 0.610. The van der Waals surface area contributed by atoms with Crippen LogP contribution in [0.1, 0.15) is 39.0 Å². The first kappa shape index (κ1) is 11.0. The van der Waals surface area contributed by atoms with E-state index in [9.17, 15) is 5.11 Å². The summed E-state index contributed by atoms with van der Waals surface area (Å²) in [6.07, 6.45) is 11.0. The fourth-order valence-corrected chi connectivity index (χ4v) is 3.39. The van der Waals surface area contributed by atoms with Crippen molar-refractivity contribution in [1.82, 2.24) is 4.90 Å². The van der Waals surface area contributed by atoms with Crippen molar-refractivity contribution in [2.75, 3.05) is 7.05 Å². The van der Waals surface area contributed by atoms with Gasteiger partial charge in [0.05, 0.1) is 0 Å². The van der Waals surface area contributed by atoms with Crippen molar-refractivity contribution in [1.29, 1.82) is 0 Å². The van der Waals surface area contributed by atoms with Gasteiger partial charge in [0, 0.05) is 24.4 Å². The molecule has 0 radical (unpaired) electrons. The number of piperidine rings is 1. The highest BCUT2D eigenvalue weighted by atomic mass is 16.3. The van der Waals surface area contributed by atoms with Crippen molar-refractivity contribution in [3.63, 3.8) is 0 Å². The zero-order chi connectivity index (χ0) is 11.1. The van der Waals surface area contributed by atoms with Crippen LogP contribution in [0.15, 0.2) is 0 Å². The van der Waals surface area contributed by atoms with Gasteiger partial charge in [0.2, 0.25) is 0 Å². The second-order valence-electron chi connectivity index (χ2n) is 5.25. The lowest BCUT2D eigenvalue weighted by molar-refractivity contribution is -0.0913. The van der Waals surface area contributed by atoms with Crippen LogP contribution in [0, 0.1) is 18.3 Å². The lowest BCUT2D eigenvalue weighted by Crippen LogP contribution is -2.60. The molecule has 2 heteroatoms. The van der Waals surface area contributed by atoms with Gasteiger partial charge in [0.1, 0.15) is 5.60 Å². The van der Waals surface area contributed by atoms with E-state index < -0.39 is 5.60 Å². The largest absolute Gasteiger partial charge is 0.377 e. The summed E-state index contributed by atoms with van der Waals surface area (Å²) in [7, 11) is 2.17. The monoisotopic (exact) mass is 207 g/mol. The molecule has 1 aliphatic carbocycles. The zero-order valence-corrected chi connectivity index (χ0v) is 9.74. The Hall–Kier alpha value is -0.520. The molecule has 2 rings (SSSR count). The zero-order valence-electron chi connectivity index (χ0n) is 9.74. The molecule has 0 amide bonds. The van der Waals surface area contributed by atoms with Gasteiger partial charge in [-0.3, -0.25) is 0 Å². The topological polar surface area (TPSA) is 23.5 Å². The minimum absolute atomic E-state index is 0.289. The van der Waals surface area contributed by atoms with Crippen LogP contribution in [0.25, 0.3) is 0 Å².